The van der Waals surface area contributed by atoms with Gasteiger partial charge in [0.05, 0.1) is 0 Å². The molecule has 18 heavy (non-hydrogen) atoms. The second kappa shape index (κ2) is 5.83. The van der Waals surface area contributed by atoms with Gasteiger partial charge in [0.25, 0.3) is 0 Å². The van der Waals surface area contributed by atoms with E-state index in [-0.39, 0.29) is 0 Å². The van der Waals surface area contributed by atoms with Crippen LogP contribution in [0, 0.1) is 6.92 Å². The van der Waals surface area contributed by atoms with Gasteiger partial charge in [-0.25, -0.2) is 4.98 Å². The van der Waals surface area contributed by atoms with E-state index in [1.54, 1.807) is 6.20 Å². The largest absolute Gasteiger partial charge is 0.355 e. The predicted octanol–water partition coefficient (Wildman–Crippen LogP) is 3.16. The molecule has 0 N–H and O–H groups in total. The summed E-state index contributed by atoms with van der Waals surface area (Å²) < 4.78 is 0. The van der Waals surface area contributed by atoms with E-state index in [0.29, 0.717) is 5.88 Å². The first-order valence-corrected chi connectivity index (χ1v) is 6.35. The molecule has 0 fully saturated rings. The fraction of sp³-hybridized carbons (Fsp3) is 0.286. The Morgan fingerprint density at radius 3 is 2.72 bits per heavy atom. The van der Waals surface area contributed by atoms with Crippen molar-refractivity contribution in [3.8, 4) is 0 Å². The minimum absolute atomic E-state index is 0.500. The highest BCUT2D eigenvalue weighted by Gasteiger charge is 2.07. The molecule has 0 spiro atoms. The van der Waals surface area contributed by atoms with E-state index < -0.39 is 0 Å². The minimum atomic E-state index is 0.500. The van der Waals surface area contributed by atoms with Crippen molar-refractivity contribution in [2.24, 2.45) is 0 Å². The lowest BCUT2D eigenvalue weighted by Crippen LogP contribution is -2.19. The third kappa shape index (κ3) is 2.99. The SMILES string of the molecule is Cc1cc(CCl)cnc1N(C)Cc1cccnc1. The van der Waals surface area contributed by atoms with Gasteiger partial charge in [0.15, 0.2) is 0 Å². The molecule has 2 rings (SSSR count). The summed E-state index contributed by atoms with van der Waals surface area (Å²) in [4.78, 5) is 10.7. The molecular formula is C14H16ClN3. The molecule has 0 saturated heterocycles. The van der Waals surface area contributed by atoms with Crippen molar-refractivity contribution in [2.45, 2.75) is 19.3 Å². The number of hydrogen-bond acceptors (Lipinski definition) is 3. The minimum Gasteiger partial charge on any atom is -0.355 e. The number of pyridine rings is 2. The number of rotatable bonds is 4. The third-order valence-electron chi connectivity index (χ3n) is 2.77. The lowest BCUT2D eigenvalue weighted by molar-refractivity contribution is 0.883. The van der Waals surface area contributed by atoms with Crippen molar-refractivity contribution in [3.63, 3.8) is 0 Å². The van der Waals surface area contributed by atoms with Crippen LogP contribution < -0.4 is 4.90 Å². The monoisotopic (exact) mass is 261 g/mol. The zero-order chi connectivity index (χ0) is 13.0. The van der Waals surface area contributed by atoms with Gasteiger partial charge in [0.1, 0.15) is 5.82 Å². The molecule has 0 unspecified atom stereocenters. The standard InChI is InChI=1S/C14H16ClN3/c1-11-6-13(7-15)9-17-14(11)18(2)10-12-4-3-5-16-8-12/h3-6,8-9H,7,10H2,1-2H3. The van der Waals surface area contributed by atoms with Crippen LogP contribution in [0.1, 0.15) is 16.7 Å². The average Bonchev–Trinajstić information content (AvgIpc) is 2.39. The molecule has 0 aliphatic carbocycles. The first-order valence-electron chi connectivity index (χ1n) is 5.82. The van der Waals surface area contributed by atoms with Gasteiger partial charge in [-0.3, -0.25) is 4.98 Å². The second-order valence-corrected chi connectivity index (χ2v) is 4.60. The fourth-order valence-corrected chi connectivity index (χ4v) is 2.09. The number of nitrogens with zero attached hydrogens (tertiary/aromatic N) is 3. The normalized spacial score (nSPS) is 10.4. The molecule has 2 heterocycles. The highest BCUT2D eigenvalue weighted by molar-refractivity contribution is 6.17. The Hall–Kier alpha value is -1.61. The van der Waals surface area contributed by atoms with Gasteiger partial charge in [0.2, 0.25) is 0 Å². The van der Waals surface area contributed by atoms with E-state index in [4.69, 9.17) is 11.6 Å². The number of alkyl halides is 1. The molecule has 0 aliphatic rings. The molecule has 2 aromatic rings. The molecule has 0 radical (unpaired) electrons. The smallest absolute Gasteiger partial charge is 0.131 e. The van der Waals surface area contributed by atoms with E-state index in [0.717, 1.165) is 23.5 Å². The van der Waals surface area contributed by atoms with E-state index in [9.17, 15) is 0 Å². The molecule has 0 aliphatic heterocycles. The van der Waals surface area contributed by atoms with Crippen molar-refractivity contribution >= 4 is 17.4 Å². The van der Waals surface area contributed by atoms with Gasteiger partial charge in [-0.15, -0.1) is 11.6 Å². The maximum absolute atomic E-state index is 5.80. The quantitative estimate of drug-likeness (QED) is 0.792. The Morgan fingerprint density at radius 1 is 1.28 bits per heavy atom. The number of halogens is 1. The van der Waals surface area contributed by atoms with Gasteiger partial charge in [0, 0.05) is 38.1 Å². The van der Waals surface area contributed by atoms with Crippen molar-refractivity contribution in [3.05, 3.63) is 53.5 Å². The number of aromatic nitrogens is 2. The Bertz CT molecular complexity index is 514. The molecule has 0 saturated carbocycles. The zero-order valence-electron chi connectivity index (χ0n) is 10.6. The number of anilines is 1. The van der Waals surface area contributed by atoms with Crippen LogP contribution >= 0.6 is 11.6 Å². The summed E-state index contributed by atoms with van der Waals surface area (Å²) in [5.41, 5.74) is 3.36. The van der Waals surface area contributed by atoms with Gasteiger partial charge in [-0.05, 0) is 35.7 Å². The second-order valence-electron chi connectivity index (χ2n) is 4.34. The average molecular weight is 262 g/mol. The van der Waals surface area contributed by atoms with Crippen molar-refractivity contribution in [1.29, 1.82) is 0 Å². The van der Waals surface area contributed by atoms with E-state index in [1.165, 1.54) is 5.56 Å². The lowest BCUT2D eigenvalue weighted by atomic mass is 10.2. The summed E-state index contributed by atoms with van der Waals surface area (Å²) in [6.07, 6.45) is 5.48. The molecule has 2 aromatic heterocycles. The Balaban J connectivity index is 2.16. The molecule has 94 valence electrons. The van der Waals surface area contributed by atoms with Gasteiger partial charge < -0.3 is 4.90 Å². The van der Waals surface area contributed by atoms with Crippen LogP contribution in [0.5, 0.6) is 0 Å². The van der Waals surface area contributed by atoms with Crippen molar-refractivity contribution < 1.29 is 0 Å². The van der Waals surface area contributed by atoms with Gasteiger partial charge >= 0.3 is 0 Å². The Labute approximate surface area is 112 Å². The highest BCUT2D eigenvalue weighted by atomic mass is 35.5. The van der Waals surface area contributed by atoms with Crippen molar-refractivity contribution in [2.75, 3.05) is 11.9 Å². The summed E-state index contributed by atoms with van der Waals surface area (Å²) in [6.45, 7) is 2.85. The highest BCUT2D eigenvalue weighted by Crippen LogP contribution is 2.19. The van der Waals surface area contributed by atoms with Gasteiger partial charge in [-0.1, -0.05) is 6.07 Å². The summed E-state index contributed by atoms with van der Waals surface area (Å²) in [7, 11) is 2.03. The molecule has 0 bridgehead atoms. The van der Waals surface area contributed by atoms with Crippen LogP contribution in [0.4, 0.5) is 5.82 Å². The predicted molar refractivity (Wildman–Crippen MR) is 74.9 cm³/mol. The Kier molecular flexibility index (Phi) is 4.15. The summed E-state index contributed by atoms with van der Waals surface area (Å²) >= 11 is 5.80. The maximum atomic E-state index is 5.80. The summed E-state index contributed by atoms with van der Waals surface area (Å²) in [6, 6.07) is 6.08. The van der Waals surface area contributed by atoms with Crippen LogP contribution in [0.3, 0.4) is 0 Å². The number of hydrogen-bond donors (Lipinski definition) is 0. The zero-order valence-corrected chi connectivity index (χ0v) is 11.4. The lowest BCUT2D eigenvalue weighted by Gasteiger charge is -2.20. The van der Waals surface area contributed by atoms with Gasteiger partial charge in [-0.2, -0.15) is 0 Å². The summed E-state index contributed by atoms with van der Waals surface area (Å²) in [5, 5.41) is 0. The number of aryl methyl sites for hydroxylation is 1. The van der Waals surface area contributed by atoms with E-state index in [2.05, 4.69) is 33.9 Å². The van der Waals surface area contributed by atoms with Crippen LogP contribution in [0.25, 0.3) is 0 Å². The van der Waals surface area contributed by atoms with E-state index >= 15 is 0 Å². The molecule has 3 nitrogen and oxygen atoms in total. The Morgan fingerprint density at radius 2 is 2.11 bits per heavy atom. The fourth-order valence-electron chi connectivity index (χ4n) is 1.94. The molecular weight excluding hydrogens is 246 g/mol. The first-order chi connectivity index (χ1) is 8.70. The topological polar surface area (TPSA) is 29.0 Å². The molecule has 4 heteroatoms. The first kappa shape index (κ1) is 12.8. The van der Waals surface area contributed by atoms with E-state index in [1.807, 2.05) is 25.5 Å². The van der Waals surface area contributed by atoms with Crippen LogP contribution in [0.2, 0.25) is 0 Å². The van der Waals surface area contributed by atoms with Crippen LogP contribution in [-0.2, 0) is 12.4 Å². The molecule has 0 atom stereocenters. The summed E-state index contributed by atoms with van der Waals surface area (Å²) in [5.74, 6) is 1.48. The van der Waals surface area contributed by atoms with Crippen LogP contribution in [0.15, 0.2) is 36.8 Å². The van der Waals surface area contributed by atoms with Crippen molar-refractivity contribution in [1.82, 2.24) is 9.97 Å². The van der Waals surface area contributed by atoms with Crippen LogP contribution in [-0.4, -0.2) is 17.0 Å². The maximum Gasteiger partial charge on any atom is 0.131 e. The third-order valence-corrected chi connectivity index (χ3v) is 3.07. The molecule has 0 amide bonds. The molecule has 0 aromatic carbocycles.